The minimum atomic E-state index is -1.14. The largest absolute Gasteiger partial charge is 0.481 e. The molecule has 0 saturated carbocycles. The average Bonchev–Trinajstić information content (AvgIpc) is 2.26. The highest BCUT2D eigenvalue weighted by molar-refractivity contribution is 5.80. The molecular formula is C12H12FNO2. The van der Waals surface area contributed by atoms with Gasteiger partial charge in [-0.25, -0.2) is 4.39 Å². The Morgan fingerprint density at radius 2 is 2.06 bits per heavy atom. The molecular weight excluding hydrogens is 209 g/mol. The summed E-state index contributed by atoms with van der Waals surface area (Å²) in [7, 11) is 0. The monoisotopic (exact) mass is 221 g/mol. The molecule has 0 radical (unpaired) electrons. The van der Waals surface area contributed by atoms with Crippen molar-refractivity contribution in [3.05, 3.63) is 35.6 Å². The molecule has 3 nitrogen and oxygen atoms in total. The lowest BCUT2D eigenvalue weighted by molar-refractivity contribution is -0.143. The average molecular weight is 221 g/mol. The zero-order chi connectivity index (χ0) is 12.2. The quantitative estimate of drug-likeness (QED) is 0.849. The number of benzene rings is 1. The van der Waals surface area contributed by atoms with E-state index < -0.39 is 17.2 Å². The van der Waals surface area contributed by atoms with Crippen molar-refractivity contribution in [3.8, 4) is 6.07 Å². The Bertz CT molecular complexity index is 422. The van der Waals surface area contributed by atoms with Crippen LogP contribution in [0.2, 0.25) is 0 Å². The second-order valence-electron chi connectivity index (χ2n) is 3.80. The predicted molar refractivity (Wildman–Crippen MR) is 56.2 cm³/mol. The zero-order valence-electron chi connectivity index (χ0n) is 8.90. The van der Waals surface area contributed by atoms with Crippen LogP contribution in [0.15, 0.2) is 24.3 Å². The summed E-state index contributed by atoms with van der Waals surface area (Å²) in [6.07, 6.45) is 0.366. The van der Waals surface area contributed by atoms with Gasteiger partial charge < -0.3 is 5.11 Å². The number of nitriles is 1. The van der Waals surface area contributed by atoms with Crippen LogP contribution in [0.5, 0.6) is 0 Å². The van der Waals surface area contributed by atoms with Crippen LogP contribution in [0.4, 0.5) is 4.39 Å². The molecule has 0 amide bonds. The van der Waals surface area contributed by atoms with Crippen molar-refractivity contribution in [3.63, 3.8) is 0 Å². The molecule has 1 atom stereocenters. The van der Waals surface area contributed by atoms with Gasteiger partial charge in [-0.1, -0.05) is 12.1 Å². The minimum absolute atomic E-state index is 0.153. The van der Waals surface area contributed by atoms with Crippen LogP contribution in [0.25, 0.3) is 0 Å². The Balaban J connectivity index is 3.07. The van der Waals surface area contributed by atoms with Crippen molar-refractivity contribution in [1.82, 2.24) is 0 Å². The van der Waals surface area contributed by atoms with Gasteiger partial charge in [-0.3, -0.25) is 4.79 Å². The topological polar surface area (TPSA) is 61.1 Å². The lowest BCUT2D eigenvalue weighted by Crippen LogP contribution is -2.32. The van der Waals surface area contributed by atoms with Crippen LogP contribution in [0.1, 0.15) is 25.3 Å². The highest BCUT2D eigenvalue weighted by atomic mass is 19.1. The number of carboxylic acid groups (broad SMARTS) is 1. The van der Waals surface area contributed by atoms with Gasteiger partial charge in [0, 0.05) is 6.42 Å². The van der Waals surface area contributed by atoms with Crippen LogP contribution in [-0.4, -0.2) is 11.1 Å². The molecule has 0 spiro atoms. The molecule has 0 fully saturated rings. The molecule has 1 aromatic rings. The second-order valence-corrected chi connectivity index (χ2v) is 3.80. The van der Waals surface area contributed by atoms with Gasteiger partial charge in [0.1, 0.15) is 5.82 Å². The van der Waals surface area contributed by atoms with Crippen LogP contribution < -0.4 is 0 Å². The van der Waals surface area contributed by atoms with Gasteiger partial charge in [-0.05, 0) is 31.0 Å². The van der Waals surface area contributed by atoms with Gasteiger partial charge in [-0.15, -0.1) is 0 Å². The summed E-state index contributed by atoms with van der Waals surface area (Å²) in [5.74, 6) is -1.41. The Hall–Kier alpha value is -1.89. The van der Waals surface area contributed by atoms with Crippen molar-refractivity contribution in [2.45, 2.75) is 25.2 Å². The highest BCUT2D eigenvalue weighted by Gasteiger charge is 2.34. The maximum atomic E-state index is 12.7. The smallest absolute Gasteiger partial charge is 0.313 e. The van der Waals surface area contributed by atoms with Crippen molar-refractivity contribution >= 4 is 5.97 Å². The lowest BCUT2D eigenvalue weighted by Gasteiger charge is -2.24. The van der Waals surface area contributed by atoms with Crippen LogP contribution in [-0.2, 0) is 10.2 Å². The number of halogens is 1. The molecule has 0 aromatic heterocycles. The normalized spacial score (nSPS) is 13.8. The summed E-state index contributed by atoms with van der Waals surface area (Å²) in [5, 5.41) is 17.7. The number of carboxylic acids is 1. The number of rotatable bonds is 4. The Kier molecular flexibility index (Phi) is 3.62. The van der Waals surface area contributed by atoms with E-state index in [0.29, 0.717) is 5.56 Å². The first-order valence-electron chi connectivity index (χ1n) is 4.87. The van der Waals surface area contributed by atoms with Crippen molar-refractivity contribution in [2.24, 2.45) is 0 Å². The number of aliphatic carboxylic acids is 1. The first-order valence-corrected chi connectivity index (χ1v) is 4.87. The predicted octanol–water partition coefficient (Wildman–Crippen LogP) is 2.47. The first kappa shape index (κ1) is 12.2. The zero-order valence-corrected chi connectivity index (χ0v) is 8.90. The highest BCUT2D eigenvalue weighted by Crippen LogP contribution is 2.29. The van der Waals surface area contributed by atoms with Crippen molar-refractivity contribution in [1.29, 1.82) is 5.26 Å². The molecule has 16 heavy (non-hydrogen) atoms. The van der Waals surface area contributed by atoms with Crippen LogP contribution in [0, 0.1) is 17.1 Å². The van der Waals surface area contributed by atoms with E-state index in [2.05, 4.69) is 0 Å². The fraction of sp³-hybridized carbons (Fsp3) is 0.333. The van der Waals surface area contributed by atoms with Gasteiger partial charge in [-0.2, -0.15) is 5.26 Å². The van der Waals surface area contributed by atoms with E-state index in [0.717, 1.165) is 0 Å². The van der Waals surface area contributed by atoms with E-state index in [1.165, 1.54) is 24.3 Å². The molecule has 0 aliphatic heterocycles. The first-order chi connectivity index (χ1) is 7.50. The minimum Gasteiger partial charge on any atom is -0.481 e. The van der Waals surface area contributed by atoms with Gasteiger partial charge in [0.15, 0.2) is 0 Å². The molecule has 1 rings (SSSR count). The van der Waals surface area contributed by atoms with Crippen molar-refractivity contribution in [2.75, 3.05) is 0 Å². The van der Waals surface area contributed by atoms with Gasteiger partial charge in [0.25, 0.3) is 0 Å². The summed E-state index contributed by atoms with van der Waals surface area (Å²) in [6.45, 7) is 1.54. The van der Waals surface area contributed by atoms with E-state index in [4.69, 9.17) is 5.26 Å². The summed E-state index contributed by atoms with van der Waals surface area (Å²) in [6, 6.07) is 7.26. The third-order valence-corrected chi connectivity index (χ3v) is 2.69. The van der Waals surface area contributed by atoms with E-state index in [1.807, 2.05) is 6.07 Å². The molecule has 1 unspecified atom stereocenters. The molecule has 84 valence electrons. The molecule has 0 heterocycles. The SMILES string of the molecule is CC(CCC#N)(C(=O)O)c1ccc(F)cc1. The molecule has 0 aliphatic carbocycles. The van der Waals surface area contributed by atoms with Crippen LogP contribution in [0.3, 0.4) is 0 Å². The summed E-state index contributed by atoms with van der Waals surface area (Å²) in [5.41, 5.74) is -0.625. The summed E-state index contributed by atoms with van der Waals surface area (Å²) < 4.78 is 12.7. The Morgan fingerprint density at radius 1 is 1.50 bits per heavy atom. The van der Waals surface area contributed by atoms with E-state index in [1.54, 1.807) is 6.92 Å². The van der Waals surface area contributed by atoms with Gasteiger partial charge >= 0.3 is 5.97 Å². The molecule has 0 bridgehead atoms. The molecule has 1 N–H and O–H groups in total. The second kappa shape index (κ2) is 4.75. The fourth-order valence-corrected chi connectivity index (χ4v) is 1.50. The van der Waals surface area contributed by atoms with Gasteiger partial charge in [0.2, 0.25) is 0 Å². The lowest BCUT2D eigenvalue weighted by atomic mass is 9.79. The van der Waals surface area contributed by atoms with E-state index >= 15 is 0 Å². The molecule has 4 heteroatoms. The summed E-state index contributed by atoms with van der Waals surface area (Å²) >= 11 is 0. The maximum absolute atomic E-state index is 12.7. The van der Waals surface area contributed by atoms with E-state index in [9.17, 15) is 14.3 Å². The van der Waals surface area contributed by atoms with Crippen molar-refractivity contribution < 1.29 is 14.3 Å². The van der Waals surface area contributed by atoms with E-state index in [-0.39, 0.29) is 12.8 Å². The van der Waals surface area contributed by atoms with Gasteiger partial charge in [0.05, 0.1) is 11.5 Å². The third-order valence-electron chi connectivity index (χ3n) is 2.69. The number of hydrogen-bond donors (Lipinski definition) is 1. The number of carbonyl (C=O) groups is 1. The summed E-state index contributed by atoms with van der Waals surface area (Å²) in [4.78, 5) is 11.2. The standard InChI is InChI=1S/C12H12FNO2/c1-12(11(15)16,7-2-8-14)9-3-5-10(13)6-4-9/h3-6H,2,7H2,1H3,(H,15,16). The van der Waals surface area contributed by atoms with Crippen LogP contribution >= 0.6 is 0 Å². The molecule has 0 saturated heterocycles. The molecule has 0 aliphatic rings. The number of hydrogen-bond acceptors (Lipinski definition) is 2. The number of nitrogens with zero attached hydrogens (tertiary/aromatic N) is 1. The fourth-order valence-electron chi connectivity index (χ4n) is 1.50. The Labute approximate surface area is 93.1 Å². The third kappa shape index (κ3) is 2.37. The molecule has 1 aromatic carbocycles. The Morgan fingerprint density at radius 3 is 2.50 bits per heavy atom. The maximum Gasteiger partial charge on any atom is 0.313 e.